The van der Waals surface area contributed by atoms with Gasteiger partial charge in [0.2, 0.25) is 0 Å². The molecule has 0 bridgehead atoms. The lowest BCUT2D eigenvalue weighted by molar-refractivity contribution is -0.906. The average Bonchev–Trinajstić information content (AvgIpc) is 2.86. The molecule has 35 heavy (non-hydrogen) atoms. The molecule has 1 N–H and O–H groups in total. The van der Waals surface area contributed by atoms with Gasteiger partial charge in [0, 0.05) is 5.69 Å². The number of nitrogens with zero attached hydrogens (tertiary/aromatic N) is 1. The van der Waals surface area contributed by atoms with E-state index < -0.39 is 0 Å². The van der Waals surface area contributed by atoms with Crippen molar-refractivity contribution in [3.63, 3.8) is 0 Å². The lowest BCUT2D eigenvalue weighted by atomic mass is 9.89. The molecule has 0 saturated heterocycles. The Kier molecular flexibility index (Phi) is 11.2. The predicted octanol–water partition coefficient (Wildman–Crippen LogP) is 2.54. The van der Waals surface area contributed by atoms with Crippen LogP contribution in [0.2, 0.25) is 0 Å². The number of carbonyl (C=O) groups excluding carboxylic acids is 2. The molecule has 1 saturated carbocycles. The second-order valence-corrected chi connectivity index (χ2v) is 9.64. The highest BCUT2D eigenvalue weighted by Gasteiger charge is 2.22. The summed E-state index contributed by atoms with van der Waals surface area (Å²) in [5, 5.41) is 2.91. The van der Waals surface area contributed by atoms with Gasteiger partial charge in [-0.25, -0.2) is 4.79 Å². The first-order valence-electron chi connectivity index (χ1n) is 12.5. The fraction of sp³-hybridized carbons (Fsp3) is 0.500. The molecule has 1 aliphatic carbocycles. The Morgan fingerprint density at radius 1 is 0.971 bits per heavy atom. The van der Waals surface area contributed by atoms with Gasteiger partial charge in [0.05, 0.1) is 37.4 Å². The molecule has 1 aliphatic rings. The second kappa shape index (κ2) is 13.6. The van der Waals surface area contributed by atoms with Crippen molar-refractivity contribution in [2.45, 2.75) is 52.6 Å². The molecule has 192 valence electrons. The van der Waals surface area contributed by atoms with Gasteiger partial charge in [0.1, 0.15) is 18.9 Å². The number of halogens is 1. The fourth-order valence-electron chi connectivity index (χ4n) is 4.15. The number of carbonyl (C=O) groups is 2. The first-order valence-corrected chi connectivity index (χ1v) is 12.5. The number of para-hydroxylation sites is 1. The summed E-state index contributed by atoms with van der Waals surface area (Å²) < 4.78 is 12.5. The topological polar surface area (TPSA) is 64.6 Å². The summed E-state index contributed by atoms with van der Waals surface area (Å²) in [4.78, 5) is 25.3. The van der Waals surface area contributed by atoms with Gasteiger partial charge in [-0.05, 0) is 81.8 Å². The van der Waals surface area contributed by atoms with Crippen LogP contribution < -0.4 is 27.0 Å². The number of likely N-dealkylation sites (N-methyl/N-ethyl adjacent to an activating group) is 1. The van der Waals surface area contributed by atoms with Crippen LogP contribution in [0.3, 0.4) is 0 Å². The van der Waals surface area contributed by atoms with E-state index in [0.29, 0.717) is 29.2 Å². The number of esters is 1. The average molecular weight is 548 g/mol. The number of ether oxygens (including phenoxy) is 2. The van der Waals surface area contributed by atoms with Crippen molar-refractivity contribution < 1.29 is 40.5 Å². The van der Waals surface area contributed by atoms with Crippen molar-refractivity contribution in [1.29, 1.82) is 0 Å². The van der Waals surface area contributed by atoms with Crippen LogP contribution in [-0.4, -0.2) is 55.8 Å². The number of nitrogens with one attached hydrogen (secondary N) is 1. The molecule has 2 aromatic carbocycles. The van der Waals surface area contributed by atoms with Crippen LogP contribution in [0.1, 0.15) is 67.2 Å². The lowest BCUT2D eigenvalue weighted by Crippen LogP contribution is -3.00. The van der Waals surface area contributed by atoms with Crippen molar-refractivity contribution >= 4 is 17.6 Å². The quantitative estimate of drug-likeness (QED) is 0.367. The van der Waals surface area contributed by atoms with Gasteiger partial charge in [-0.15, -0.1) is 0 Å². The van der Waals surface area contributed by atoms with E-state index in [0.717, 1.165) is 55.7 Å². The van der Waals surface area contributed by atoms with E-state index in [9.17, 15) is 9.59 Å². The van der Waals surface area contributed by atoms with E-state index in [1.54, 1.807) is 30.3 Å². The third-order valence-electron chi connectivity index (χ3n) is 7.16. The van der Waals surface area contributed by atoms with E-state index >= 15 is 0 Å². The molecule has 0 aliphatic heterocycles. The molecule has 0 aromatic heterocycles. The fourth-order valence-corrected chi connectivity index (χ4v) is 4.15. The molecule has 6 nitrogen and oxygen atoms in total. The summed E-state index contributed by atoms with van der Waals surface area (Å²) in [6, 6.07) is 14.2. The highest BCUT2D eigenvalue weighted by Crippen LogP contribution is 2.29. The number of rotatable bonds is 10. The van der Waals surface area contributed by atoms with Crippen LogP contribution in [0.5, 0.6) is 5.75 Å². The van der Waals surface area contributed by atoms with Gasteiger partial charge in [-0.3, -0.25) is 4.79 Å². The van der Waals surface area contributed by atoms with Crippen molar-refractivity contribution in [1.82, 2.24) is 0 Å². The maximum atomic E-state index is 13.0. The van der Waals surface area contributed by atoms with Gasteiger partial charge in [0.25, 0.3) is 5.91 Å². The molecule has 1 amide bonds. The monoisotopic (exact) mass is 546 g/mol. The van der Waals surface area contributed by atoms with Crippen LogP contribution in [0.15, 0.2) is 48.5 Å². The molecule has 3 rings (SSSR count). The largest absolute Gasteiger partial charge is 1.00 e. The van der Waals surface area contributed by atoms with Crippen molar-refractivity contribution in [2.24, 2.45) is 5.92 Å². The third kappa shape index (κ3) is 8.36. The first kappa shape index (κ1) is 28.9. The maximum Gasteiger partial charge on any atom is 0.338 e. The molecule has 0 heterocycles. The number of benzene rings is 2. The summed E-state index contributed by atoms with van der Waals surface area (Å²) >= 11 is 0. The van der Waals surface area contributed by atoms with Crippen LogP contribution in [0.25, 0.3) is 0 Å². The third-order valence-corrected chi connectivity index (χ3v) is 7.16. The molecule has 7 heteroatoms. The zero-order valence-electron chi connectivity index (χ0n) is 21.4. The molecular weight excluding hydrogens is 508 g/mol. The number of amides is 1. The number of hydrogen-bond donors (Lipinski definition) is 1. The lowest BCUT2D eigenvalue weighted by Gasteiger charge is -2.31. The highest BCUT2D eigenvalue weighted by atomic mass is 79.9. The van der Waals surface area contributed by atoms with E-state index in [1.165, 1.54) is 0 Å². The standard InChI is InChI=1S/C28H38N2O4.BrH/c1-5-30(4,6-2)19-20-33-28(32)22-13-15-23(16-14-22)29-27(31)25-9-7-8-10-26(25)34-24-17-11-21(3)12-18-24;/h7-10,13-16,21,24H,5-6,11-12,17-20H2,1-4H3;1H. The van der Waals surface area contributed by atoms with Gasteiger partial charge in [-0.1, -0.05) is 19.1 Å². The number of hydrogen-bond acceptors (Lipinski definition) is 4. The Bertz CT molecular complexity index is 952. The van der Waals surface area contributed by atoms with Gasteiger partial charge < -0.3 is 36.3 Å². The molecule has 2 aromatic rings. The summed E-state index contributed by atoms with van der Waals surface area (Å²) in [6.45, 7) is 9.71. The summed E-state index contributed by atoms with van der Waals surface area (Å²) in [5.41, 5.74) is 1.59. The van der Waals surface area contributed by atoms with Crippen LogP contribution in [-0.2, 0) is 4.74 Å². The Labute approximate surface area is 220 Å². The smallest absolute Gasteiger partial charge is 0.338 e. The number of anilines is 1. The van der Waals surface area contributed by atoms with Crippen LogP contribution in [0, 0.1) is 5.92 Å². The minimum absolute atomic E-state index is 0. The molecule has 0 atom stereocenters. The Morgan fingerprint density at radius 3 is 2.23 bits per heavy atom. The normalized spacial score (nSPS) is 17.7. The molecule has 0 radical (unpaired) electrons. The summed E-state index contributed by atoms with van der Waals surface area (Å²) in [7, 11) is 2.16. The van der Waals surface area contributed by atoms with E-state index in [2.05, 4.69) is 33.1 Å². The van der Waals surface area contributed by atoms with Crippen molar-refractivity contribution in [2.75, 3.05) is 38.6 Å². The first-order chi connectivity index (χ1) is 16.3. The molecule has 0 spiro atoms. The van der Waals surface area contributed by atoms with Crippen molar-refractivity contribution in [3.8, 4) is 5.75 Å². The SMILES string of the molecule is CC[N+](C)(CC)CCOC(=O)c1ccc(NC(=O)c2ccccc2OC2CCC(C)CC2)cc1.[Br-]. The summed E-state index contributed by atoms with van der Waals surface area (Å²) in [6.07, 6.45) is 4.50. The predicted molar refractivity (Wildman–Crippen MR) is 135 cm³/mol. The van der Waals surface area contributed by atoms with Crippen molar-refractivity contribution in [3.05, 3.63) is 59.7 Å². The Balaban J connectivity index is 0.00000432. The minimum Gasteiger partial charge on any atom is -1.00 e. The number of quaternary nitrogens is 1. The van der Waals surface area contributed by atoms with Gasteiger partial charge in [0.15, 0.2) is 0 Å². The second-order valence-electron chi connectivity index (χ2n) is 9.64. The molecule has 0 unspecified atom stereocenters. The summed E-state index contributed by atoms with van der Waals surface area (Å²) in [5.74, 6) is 0.776. The van der Waals surface area contributed by atoms with Crippen LogP contribution >= 0.6 is 0 Å². The Hall–Kier alpha value is -2.38. The maximum absolute atomic E-state index is 13.0. The zero-order chi connectivity index (χ0) is 24.6. The minimum atomic E-state index is -0.350. The van der Waals surface area contributed by atoms with Crippen LogP contribution in [0.4, 0.5) is 5.69 Å². The molecular formula is C28H39BrN2O4. The zero-order valence-corrected chi connectivity index (χ0v) is 23.0. The van der Waals surface area contributed by atoms with Gasteiger partial charge in [-0.2, -0.15) is 0 Å². The molecule has 1 fully saturated rings. The highest BCUT2D eigenvalue weighted by molar-refractivity contribution is 6.06. The van der Waals surface area contributed by atoms with E-state index in [1.807, 2.05) is 18.2 Å². The van der Waals surface area contributed by atoms with Gasteiger partial charge >= 0.3 is 5.97 Å². The van der Waals surface area contributed by atoms with E-state index in [-0.39, 0.29) is 35.0 Å². The van der Waals surface area contributed by atoms with E-state index in [4.69, 9.17) is 9.47 Å². The Morgan fingerprint density at radius 2 is 1.60 bits per heavy atom.